The van der Waals surface area contributed by atoms with Crippen LogP contribution >= 0.6 is 0 Å². The number of nitrogens with one attached hydrogen (secondary N) is 1. The smallest absolute Gasteiger partial charge is 0.358 e. The van der Waals surface area contributed by atoms with Gasteiger partial charge in [0.15, 0.2) is 5.69 Å². The Kier molecular flexibility index (Phi) is 6.07. The molecule has 1 aromatic heterocycles. The summed E-state index contributed by atoms with van der Waals surface area (Å²) in [4.78, 5) is 23.0. The van der Waals surface area contributed by atoms with Crippen molar-refractivity contribution in [1.82, 2.24) is 20.3 Å². The van der Waals surface area contributed by atoms with Crippen molar-refractivity contribution in [2.45, 2.75) is 19.4 Å². The molecule has 0 bridgehead atoms. The number of aromatic carboxylic acids is 1. The number of carboxylic acids is 1. The lowest BCUT2D eigenvalue weighted by Crippen LogP contribution is -2.34. The van der Waals surface area contributed by atoms with Crippen molar-refractivity contribution in [3.05, 3.63) is 11.4 Å². The van der Waals surface area contributed by atoms with E-state index in [-0.39, 0.29) is 24.6 Å². The summed E-state index contributed by atoms with van der Waals surface area (Å²) in [6.07, 6.45) is 0.282. The number of amides is 1. The van der Waals surface area contributed by atoms with Gasteiger partial charge in [0.05, 0.1) is 12.3 Å². The number of nitrogens with zero attached hydrogens (tertiary/aromatic N) is 3. The minimum Gasteiger partial charge on any atom is -0.476 e. The summed E-state index contributed by atoms with van der Waals surface area (Å²) in [6, 6.07) is -0.672. The number of carbonyl (C=O) groups excluding carboxylic acids is 1. The van der Waals surface area contributed by atoms with Crippen molar-refractivity contribution >= 4 is 11.9 Å². The maximum Gasteiger partial charge on any atom is 0.358 e. The first-order valence-electron chi connectivity index (χ1n) is 6.17. The summed E-state index contributed by atoms with van der Waals surface area (Å²) >= 11 is 0. The van der Waals surface area contributed by atoms with Gasteiger partial charge in [0.2, 0.25) is 5.91 Å². The summed E-state index contributed by atoms with van der Waals surface area (Å²) < 4.78 is 6.12. The molecular weight excluding hydrogens is 266 g/mol. The van der Waals surface area contributed by atoms with Gasteiger partial charge in [-0.25, -0.2) is 9.48 Å². The standard InChI is InChI=1S/C11H19N5O4/c1-7(10(17)13-5-6-20-2)16-8(3-4-12)9(11(18)19)14-15-16/h7H,3-6,12H2,1-2H3,(H,13,17)(H,18,19). The molecule has 4 N–H and O–H groups in total. The van der Waals surface area contributed by atoms with Gasteiger partial charge in [-0.3, -0.25) is 4.79 Å². The Labute approximate surface area is 116 Å². The van der Waals surface area contributed by atoms with E-state index in [4.69, 9.17) is 15.6 Å². The number of methoxy groups -OCH3 is 1. The molecule has 0 aliphatic rings. The molecule has 0 radical (unpaired) electrons. The molecule has 0 saturated heterocycles. The Bertz CT molecular complexity index is 473. The largest absolute Gasteiger partial charge is 0.476 e. The van der Waals surface area contributed by atoms with Gasteiger partial charge in [-0.05, 0) is 13.5 Å². The van der Waals surface area contributed by atoms with E-state index < -0.39 is 12.0 Å². The van der Waals surface area contributed by atoms with E-state index in [1.54, 1.807) is 6.92 Å². The summed E-state index contributed by atoms with van der Waals surface area (Å²) in [5.74, 6) is -1.48. The number of rotatable bonds is 8. The van der Waals surface area contributed by atoms with E-state index in [1.807, 2.05) is 0 Å². The van der Waals surface area contributed by atoms with E-state index >= 15 is 0 Å². The van der Waals surface area contributed by atoms with Gasteiger partial charge in [-0.1, -0.05) is 5.21 Å². The van der Waals surface area contributed by atoms with Crippen LogP contribution < -0.4 is 11.1 Å². The normalized spacial score (nSPS) is 12.2. The molecule has 0 aliphatic heterocycles. The zero-order valence-electron chi connectivity index (χ0n) is 11.5. The molecular formula is C11H19N5O4. The van der Waals surface area contributed by atoms with Crippen molar-refractivity contribution in [2.75, 3.05) is 26.8 Å². The Morgan fingerprint density at radius 2 is 2.25 bits per heavy atom. The molecule has 112 valence electrons. The van der Waals surface area contributed by atoms with E-state index in [2.05, 4.69) is 15.6 Å². The molecule has 0 fully saturated rings. The van der Waals surface area contributed by atoms with Crippen LogP contribution in [0.5, 0.6) is 0 Å². The molecule has 9 nitrogen and oxygen atoms in total. The van der Waals surface area contributed by atoms with Crippen LogP contribution in [0, 0.1) is 0 Å². The molecule has 1 amide bonds. The zero-order valence-corrected chi connectivity index (χ0v) is 11.5. The number of carbonyl (C=O) groups is 2. The van der Waals surface area contributed by atoms with Crippen molar-refractivity contribution in [3.8, 4) is 0 Å². The quantitative estimate of drug-likeness (QED) is 0.511. The fraction of sp³-hybridized carbons (Fsp3) is 0.636. The highest BCUT2D eigenvalue weighted by atomic mass is 16.5. The third kappa shape index (κ3) is 3.75. The topological polar surface area (TPSA) is 132 Å². The first-order valence-corrected chi connectivity index (χ1v) is 6.17. The van der Waals surface area contributed by atoms with Crippen LogP contribution in [0.3, 0.4) is 0 Å². The molecule has 0 aliphatic carbocycles. The SMILES string of the molecule is COCCNC(=O)C(C)n1nnc(C(=O)O)c1CCN. The van der Waals surface area contributed by atoms with Gasteiger partial charge in [-0.15, -0.1) is 5.10 Å². The van der Waals surface area contributed by atoms with Crippen LogP contribution in [0.4, 0.5) is 0 Å². The van der Waals surface area contributed by atoms with Gasteiger partial charge in [0, 0.05) is 20.1 Å². The summed E-state index contributed by atoms with van der Waals surface area (Å²) in [5.41, 5.74) is 5.62. The Hall–Kier alpha value is -2.00. The molecule has 20 heavy (non-hydrogen) atoms. The molecule has 1 heterocycles. The average molecular weight is 285 g/mol. The molecule has 1 aromatic rings. The lowest BCUT2D eigenvalue weighted by molar-refractivity contribution is -0.124. The van der Waals surface area contributed by atoms with Gasteiger partial charge >= 0.3 is 5.97 Å². The maximum atomic E-state index is 11.9. The van der Waals surface area contributed by atoms with Crippen molar-refractivity contribution in [3.63, 3.8) is 0 Å². The highest BCUT2D eigenvalue weighted by molar-refractivity contribution is 5.87. The number of carboxylic acid groups (broad SMARTS) is 1. The van der Waals surface area contributed by atoms with Crippen LogP contribution in [-0.2, 0) is 16.0 Å². The molecule has 1 unspecified atom stereocenters. The monoisotopic (exact) mass is 285 g/mol. The number of aromatic nitrogens is 3. The van der Waals surface area contributed by atoms with Crippen LogP contribution in [-0.4, -0.2) is 58.8 Å². The van der Waals surface area contributed by atoms with Crippen LogP contribution in [0.15, 0.2) is 0 Å². The second-order valence-electron chi connectivity index (χ2n) is 4.13. The zero-order chi connectivity index (χ0) is 15.1. The molecule has 0 saturated carbocycles. The van der Waals surface area contributed by atoms with E-state index in [0.717, 1.165) is 0 Å². The summed E-state index contributed by atoms with van der Waals surface area (Å²) in [5, 5.41) is 19.0. The molecule has 0 aromatic carbocycles. The van der Waals surface area contributed by atoms with Gasteiger partial charge in [0.1, 0.15) is 6.04 Å². The molecule has 1 atom stereocenters. The Morgan fingerprint density at radius 1 is 1.55 bits per heavy atom. The number of ether oxygens (including phenoxy) is 1. The second-order valence-corrected chi connectivity index (χ2v) is 4.13. The van der Waals surface area contributed by atoms with E-state index in [1.165, 1.54) is 11.8 Å². The fourth-order valence-electron chi connectivity index (χ4n) is 1.70. The first-order chi connectivity index (χ1) is 9.52. The number of hydrogen-bond donors (Lipinski definition) is 3. The number of hydrogen-bond acceptors (Lipinski definition) is 6. The first kappa shape index (κ1) is 16.1. The predicted molar refractivity (Wildman–Crippen MR) is 69.3 cm³/mol. The molecule has 1 rings (SSSR count). The van der Waals surface area contributed by atoms with Gasteiger partial charge < -0.3 is 20.9 Å². The number of nitrogens with two attached hydrogens (primary N) is 1. The summed E-state index contributed by atoms with van der Waals surface area (Å²) in [7, 11) is 1.53. The third-order valence-corrected chi connectivity index (χ3v) is 2.73. The molecule has 9 heteroatoms. The Morgan fingerprint density at radius 3 is 2.80 bits per heavy atom. The van der Waals surface area contributed by atoms with Crippen molar-refractivity contribution < 1.29 is 19.4 Å². The summed E-state index contributed by atoms with van der Waals surface area (Å²) in [6.45, 7) is 2.62. The molecule has 0 spiro atoms. The average Bonchev–Trinajstić information content (AvgIpc) is 2.82. The van der Waals surface area contributed by atoms with E-state index in [0.29, 0.717) is 18.8 Å². The van der Waals surface area contributed by atoms with Gasteiger partial charge in [-0.2, -0.15) is 0 Å². The van der Waals surface area contributed by atoms with Crippen molar-refractivity contribution in [1.29, 1.82) is 0 Å². The fourth-order valence-corrected chi connectivity index (χ4v) is 1.70. The lowest BCUT2D eigenvalue weighted by atomic mass is 10.2. The Balaban J connectivity index is 2.88. The predicted octanol–water partition coefficient (Wildman–Crippen LogP) is -1.20. The van der Waals surface area contributed by atoms with E-state index in [9.17, 15) is 9.59 Å². The minimum absolute atomic E-state index is 0.174. The van der Waals surface area contributed by atoms with Gasteiger partial charge in [0.25, 0.3) is 0 Å². The maximum absolute atomic E-state index is 11.9. The minimum atomic E-state index is -1.19. The lowest BCUT2D eigenvalue weighted by Gasteiger charge is -2.14. The second kappa shape index (κ2) is 7.56. The highest BCUT2D eigenvalue weighted by Gasteiger charge is 2.24. The van der Waals surface area contributed by atoms with Crippen molar-refractivity contribution in [2.24, 2.45) is 5.73 Å². The van der Waals surface area contributed by atoms with Crippen LogP contribution in [0.25, 0.3) is 0 Å². The van der Waals surface area contributed by atoms with Crippen LogP contribution in [0.2, 0.25) is 0 Å². The highest BCUT2D eigenvalue weighted by Crippen LogP contribution is 2.13. The van der Waals surface area contributed by atoms with Crippen LogP contribution in [0.1, 0.15) is 29.1 Å². The third-order valence-electron chi connectivity index (χ3n) is 2.73.